The number of hydrogen-bond acceptors (Lipinski definition) is 6. The van der Waals surface area contributed by atoms with Crippen LogP contribution < -0.4 is 17.0 Å². The van der Waals surface area contributed by atoms with Gasteiger partial charge in [0.05, 0.1) is 24.3 Å². The number of ether oxygens (including phenoxy) is 1. The molecule has 3 aromatic rings. The van der Waals surface area contributed by atoms with Crippen LogP contribution in [-0.4, -0.2) is 28.3 Å². The molecule has 0 saturated carbocycles. The molecule has 8 heteroatoms. The van der Waals surface area contributed by atoms with Gasteiger partial charge in [-0.1, -0.05) is 42.5 Å². The van der Waals surface area contributed by atoms with Crippen LogP contribution in [0.1, 0.15) is 33.2 Å². The normalized spacial score (nSPS) is 10.5. The molecule has 0 radical (unpaired) electrons. The van der Waals surface area contributed by atoms with E-state index in [4.69, 9.17) is 16.2 Å². The Balaban J connectivity index is 2.02. The predicted octanol–water partition coefficient (Wildman–Crippen LogP) is 1.82. The first-order chi connectivity index (χ1) is 13.9. The third-order valence-electron chi connectivity index (χ3n) is 4.28. The SMILES string of the molecule is CCOC(=O)c1ccc(Cn2nc(-c3ccccc3)c(C(N)=O)c(N)c2=O)cc1. The highest BCUT2D eigenvalue weighted by Gasteiger charge is 2.20. The van der Waals surface area contributed by atoms with Crippen molar-refractivity contribution in [2.75, 3.05) is 12.3 Å². The molecule has 0 aliphatic heterocycles. The summed E-state index contributed by atoms with van der Waals surface area (Å²) in [4.78, 5) is 36.3. The van der Waals surface area contributed by atoms with Crippen LogP contribution >= 0.6 is 0 Å². The van der Waals surface area contributed by atoms with Gasteiger partial charge in [-0.15, -0.1) is 0 Å². The molecule has 1 heterocycles. The molecule has 2 aromatic carbocycles. The summed E-state index contributed by atoms with van der Waals surface area (Å²) in [7, 11) is 0. The molecule has 0 unspecified atom stereocenters. The van der Waals surface area contributed by atoms with E-state index in [0.29, 0.717) is 11.1 Å². The molecule has 1 aromatic heterocycles. The Hall–Kier alpha value is -3.94. The number of esters is 1. The van der Waals surface area contributed by atoms with E-state index in [1.807, 2.05) is 6.07 Å². The van der Waals surface area contributed by atoms with Crippen molar-refractivity contribution in [3.05, 3.63) is 81.6 Å². The summed E-state index contributed by atoms with van der Waals surface area (Å²) >= 11 is 0. The molecule has 4 N–H and O–H groups in total. The molecular weight excluding hydrogens is 372 g/mol. The van der Waals surface area contributed by atoms with E-state index in [0.717, 1.165) is 5.56 Å². The molecule has 3 rings (SSSR count). The summed E-state index contributed by atoms with van der Waals surface area (Å²) in [5, 5.41) is 4.34. The molecule has 0 aliphatic rings. The monoisotopic (exact) mass is 392 g/mol. The van der Waals surface area contributed by atoms with Gasteiger partial charge >= 0.3 is 5.97 Å². The standard InChI is InChI=1S/C21H20N4O4/c1-2-29-21(28)15-10-8-13(9-11-15)12-25-20(27)17(22)16(19(23)26)18(24-25)14-6-4-3-5-7-14/h3-11H,2,12,22H2,1H3,(H2,23,26). The van der Waals surface area contributed by atoms with Gasteiger partial charge in [0.1, 0.15) is 11.4 Å². The quantitative estimate of drug-likeness (QED) is 0.615. The van der Waals surface area contributed by atoms with Crippen molar-refractivity contribution in [3.63, 3.8) is 0 Å². The van der Waals surface area contributed by atoms with Crippen molar-refractivity contribution in [2.45, 2.75) is 13.5 Å². The number of hydrogen-bond donors (Lipinski definition) is 2. The third kappa shape index (κ3) is 4.16. The van der Waals surface area contributed by atoms with E-state index in [2.05, 4.69) is 5.10 Å². The highest BCUT2D eigenvalue weighted by atomic mass is 16.5. The maximum atomic E-state index is 12.6. The summed E-state index contributed by atoms with van der Waals surface area (Å²) < 4.78 is 6.12. The lowest BCUT2D eigenvalue weighted by molar-refractivity contribution is 0.0526. The van der Waals surface area contributed by atoms with Gasteiger partial charge in [-0.25, -0.2) is 9.48 Å². The van der Waals surface area contributed by atoms with Crippen LogP contribution in [-0.2, 0) is 11.3 Å². The number of benzene rings is 2. The molecule has 0 aliphatic carbocycles. The van der Waals surface area contributed by atoms with E-state index in [1.165, 1.54) is 4.68 Å². The van der Waals surface area contributed by atoms with Gasteiger partial charge in [0, 0.05) is 5.56 Å². The van der Waals surface area contributed by atoms with E-state index in [-0.39, 0.29) is 30.1 Å². The van der Waals surface area contributed by atoms with Gasteiger partial charge in [0.2, 0.25) is 0 Å². The minimum absolute atomic E-state index is 0.102. The summed E-state index contributed by atoms with van der Waals surface area (Å²) in [6.45, 7) is 2.12. The number of nitrogens with two attached hydrogens (primary N) is 2. The summed E-state index contributed by atoms with van der Waals surface area (Å²) in [6.07, 6.45) is 0. The van der Waals surface area contributed by atoms with Crippen LogP contribution in [0.25, 0.3) is 11.3 Å². The van der Waals surface area contributed by atoms with Crippen molar-refractivity contribution in [1.82, 2.24) is 9.78 Å². The van der Waals surface area contributed by atoms with Crippen molar-refractivity contribution in [1.29, 1.82) is 0 Å². The highest BCUT2D eigenvalue weighted by molar-refractivity contribution is 6.03. The fourth-order valence-corrected chi connectivity index (χ4v) is 2.88. The Labute approximate surface area is 166 Å². The largest absolute Gasteiger partial charge is 0.462 e. The number of primary amides is 1. The zero-order valence-corrected chi connectivity index (χ0v) is 15.8. The Kier molecular flexibility index (Phi) is 5.73. The van der Waals surface area contributed by atoms with Crippen LogP contribution in [0.15, 0.2) is 59.4 Å². The maximum Gasteiger partial charge on any atom is 0.338 e. The second kappa shape index (κ2) is 8.39. The van der Waals surface area contributed by atoms with E-state index >= 15 is 0 Å². The minimum Gasteiger partial charge on any atom is -0.462 e. The average molecular weight is 392 g/mol. The van der Waals surface area contributed by atoms with E-state index in [9.17, 15) is 14.4 Å². The highest BCUT2D eigenvalue weighted by Crippen LogP contribution is 2.23. The van der Waals surface area contributed by atoms with Gasteiger partial charge in [-0.2, -0.15) is 5.10 Å². The third-order valence-corrected chi connectivity index (χ3v) is 4.28. The van der Waals surface area contributed by atoms with E-state index < -0.39 is 17.4 Å². The molecule has 0 atom stereocenters. The lowest BCUT2D eigenvalue weighted by Gasteiger charge is -2.13. The summed E-state index contributed by atoms with van der Waals surface area (Å²) in [5.74, 6) is -1.24. The van der Waals surface area contributed by atoms with Crippen LogP contribution in [0, 0.1) is 0 Å². The van der Waals surface area contributed by atoms with Gasteiger partial charge < -0.3 is 16.2 Å². The first-order valence-corrected chi connectivity index (χ1v) is 8.94. The number of aromatic nitrogens is 2. The fourth-order valence-electron chi connectivity index (χ4n) is 2.88. The minimum atomic E-state index is -0.822. The lowest BCUT2D eigenvalue weighted by Crippen LogP contribution is -2.31. The summed E-state index contributed by atoms with van der Waals surface area (Å²) in [6, 6.07) is 15.5. The molecule has 29 heavy (non-hydrogen) atoms. The number of rotatable bonds is 6. The van der Waals surface area contributed by atoms with Crippen LogP contribution in [0.5, 0.6) is 0 Å². The van der Waals surface area contributed by atoms with Gasteiger partial charge in [0.25, 0.3) is 11.5 Å². The Morgan fingerprint density at radius 2 is 1.72 bits per heavy atom. The topological polar surface area (TPSA) is 130 Å². The smallest absolute Gasteiger partial charge is 0.338 e. The number of carbonyl (C=O) groups excluding carboxylic acids is 2. The molecule has 148 valence electrons. The molecule has 1 amide bonds. The van der Waals surface area contributed by atoms with E-state index in [1.54, 1.807) is 55.5 Å². The molecular formula is C21H20N4O4. The second-order valence-electron chi connectivity index (χ2n) is 6.25. The fraction of sp³-hybridized carbons (Fsp3) is 0.143. The predicted molar refractivity (Wildman–Crippen MR) is 108 cm³/mol. The molecule has 0 fully saturated rings. The molecule has 0 saturated heterocycles. The average Bonchev–Trinajstić information content (AvgIpc) is 2.72. The number of carbonyl (C=O) groups is 2. The Bertz CT molecular complexity index is 1110. The van der Waals surface area contributed by atoms with Gasteiger partial charge in [-0.05, 0) is 24.6 Å². The molecule has 8 nitrogen and oxygen atoms in total. The maximum absolute atomic E-state index is 12.6. The second-order valence-corrected chi connectivity index (χ2v) is 6.25. The Morgan fingerprint density at radius 3 is 2.31 bits per heavy atom. The Morgan fingerprint density at radius 1 is 1.07 bits per heavy atom. The number of amides is 1. The zero-order valence-electron chi connectivity index (χ0n) is 15.8. The lowest BCUT2D eigenvalue weighted by atomic mass is 10.0. The molecule has 0 spiro atoms. The van der Waals surface area contributed by atoms with Gasteiger partial charge in [-0.3, -0.25) is 9.59 Å². The first-order valence-electron chi connectivity index (χ1n) is 8.94. The van der Waals surface area contributed by atoms with Crippen LogP contribution in [0.4, 0.5) is 5.69 Å². The van der Waals surface area contributed by atoms with Crippen molar-refractivity contribution < 1.29 is 14.3 Å². The van der Waals surface area contributed by atoms with Crippen molar-refractivity contribution >= 4 is 17.6 Å². The zero-order chi connectivity index (χ0) is 21.0. The number of nitrogens with zero attached hydrogens (tertiary/aromatic N) is 2. The van der Waals surface area contributed by atoms with Crippen LogP contribution in [0.2, 0.25) is 0 Å². The van der Waals surface area contributed by atoms with Crippen molar-refractivity contribution in [3.8, 4) is 11.3 Å². The summed E-state index contributed by atoms with van der Waals surface area (Å²) in [5.41, 5.74) is 12.4. The van der Waals surface area contributed by atoms with Crippen LogP contribution in [0.3, 0.4) is 0 Å². The van der Waals surface area contributed by atoms with Crippen molar-refractivity contribution in [2.24, 2.45) is 5.73 Å². The number of anilines is 1. The first kappa shape index (κ1) is 19.8. The molecule has 0 bridgehead atoms. The number of nitrogen functional groups attached to an aromatic ring is 1. The van der Waals surface area contributed by atoms with Gasteiger partial charge in [0.15, 0.2) is 0 Å².